The molecule has 2 amide bonds. The quantitative estimate of drug-likeness (QED) is 0.382. The van der Waals surface area contributed by atoms with E-state index in [-0.39, 0.29) is 23.3 Å². The zero-order valence-electron chi connectivity index (χ0n) is 23.5. The number of carbonyl (C=O) groups excluding carboxylic acids is 3. The molecule has 0 saturated carbocycles. The number of carbonyl (C=O) groups is 1. The number of benzene rings is 2. The van der Waals surface area contributed by atoms with Gasteiger partial charge in [0.05, 0.1) is 23.2 Å². The number of amides is 2. The first-order valence-corrected chi connectivity index (χ1v) is 13.3. The summed E-state index contributed by atoms with van der Waals surface area (Å²) >= 11 is 0. The molecule has 1 N–H and O–H groups in total. The average Bonchev–Trinajstić information content (AvgIpc) is 3.25. The van der Waals surface area contributed by atoms with Gasteiger partial charge in [0.1, 0.15) is 5.82 Å². The molecule has 2 aliphatic heterocycles. The molecule has 0 radical (unpaired) electrons. The number of hydrogen-bond acceptors (Lipinski definition) is 4. The number of aryl methyl sites for hydroxylation is 1. The van der Waals surface area contributed by atoms with Gasteiger partial charge in [0, 0.05) is 25.2 Å². The van der Waals surface area contributed by atoms with Crippen LogP contribution in [0.1, 0.15) is 79.4 Å². The molecule has 2 aliphatic rings. The number of likely N-dealkylation sites (tertiary alicyclic amines) is 1. The highest BCUT2D eigenvalue weighted by atomic mass is 19.4. The fraction of sp³-hybridized carbons (Fsp3) is 0.517. The molecule has 0 unspecified atom stereocenters. The van der Waals surface area contributed by atoms with Crippen LogP contribution in [0.5, 0.6) is 0 Å². The monoisotopic (exact) mass is 603 g/mol. The third-order valence-electron chi connectivity index (χ3n) is 8.21. The molecule has 13 heteroatoms. The molecule has 0 aromatic heterocycles. The molecule has 4 rings (SSSR count). The Morgan fingerprint density at radius 2 is 1.62 bits per heavy atom. The second-order valence-corrected chi connectivity index (χ2v) is 11.0. The van der Waals surface area contributed by atoms with Crippen molar-refractivity contribution < 1.29 is 45.1 Å². The van der Waals surface area contributed by atoms with E-state index in [4.69, 9.17) is 9.59 Å². The Bertz CT molecular complexity index is 1290. The normalized spacial score (nSPS) is 23.2. The summed E-state index contributed by atoms with van der Waals surface area (Å²) < 4.78 is 94.5. The summed E-state index contributed by atoms with van der Waals surface area (Å²) in [6.07, 6.45) is -6.66. The van der Waals surface area contributed by atoms with Gasteiger partial charge in [-0.1, -0.05) is 6.07 Å². The van der Waals surface area contributed by atoms with Gasteiger partial charge in [0.2, 0.25) is 0 Å². The Morgan fingerprint density at radius 1 is 1.05 bits per heavy atom. The number of piperidine rings is 1. The summed E-state index contributed by atoms with van der Waals surface area (Å²) in [6.45, 7) is 5.57. The molecule has 2 aromatic rings. The van der Waals surface area contributed by atoms with E-state index in [1.54, 1.807) is 17.9 Å². The minimum absolute atomic E-state index is 0.0745. The maximum Gasteiger partial charge on any atom is 0.416 e. The molecule has 2 aromatic carbocycles. The van der Waals surface area contributed by atoms with Crippen molar-refractivity contribution in [3.8, 4) is 0 Å². The van der Waals surface area contributed by atoms with Crippen LogP contribution in [0.15, 0.2) is 36.4 Å². The first-order chi connectivity index (χ1) is 19.4. The van der Waals surface area contributed by atoms with Crippen LogP contribution in [0.4, 0.5) is 35.5 Å². The zero-order valence-corrected chi connectivity index (χ0v) is 23.5. The van der Waals surface area contributed by atoms with Crippen LogP contribution in [0.3, 0.4) is 0 Å². The van der Waals surface area contributed by atoms with Crippen molar-refractivity contribution in [3.63, 3.8) is 0 Å². The highest BCUT2D eigenvalue weighted by molar-refractivity contribution is 5.75. The second-order valence-electron chi connectivity index (χ2n) is 11.0. The van der Waals surface area contributed by atoms with E-state index < -0.39 is 47.4 Å². The number of alkyl halides is 6. The van der Waals surface area contributed by atoms with Gasteiger partial charge in [0.25, 0.3) is 0 Å². The van der Waals surface area contributed by atoms with Crippen molar-refractivity contribution in [2.24, 2.45) is 0 Å². The van der Waals surface area contributed by atoms with Crippen LogP contribution in [0.2, 0.25) is 0 Å². The van der Waals surface area contributed by atoms with E-state index in [1.807, 2.05) is 0 Å². The van der Waals surface area contributed by atoms with Gasteiger partial charge in [-0.2, -0.15) is 35.9 Å². The van der Waals surface area contributed by atoms with E-state index in [9.17, 15) is 35.5 Å². The highest BCUT2D eigenvalue weighted by Crippen LogP contribution is 2.44. The molecular weight excluding hydrogens is 571 g/mol. The Balaban J connectivity index is 0.00000155. The molecule has 2 fully saturated rings. The maximum absolute atomic E-state index is 13.9. The molecule has 0 bridgehead atoms. The predicted molar refractivity (Wildman–Crippen MR) is 137 cm³/mol. The van der Waals surface area contributed by atoms with E-state index in [0.29, 0.717) is 43.1 Å². The third-order valence-corrected chi connectivity index (χ3v) is 8.21. The lowest BCUT2D eigenvalue weighted by Gasteiger charge is -2.47. The summed E-state index contributed by atoms with van der Waals surface area (Å²) in [7, 11) is 1.37. The average molecular weight is 604 g/mol. The summed E-state index contributed by atoms with van der Waals surface area (Å²) in [4.78, 5) is 32.8. The largest absolute Gasteiger partial charge is 0.416 e. The van der Waals surface area contributed by atoms with Crippen molar-refractivity contribution in [1.82, 2.24) is 15.1 Å². The summed E-state index contributed by atoms with van der Waals surface area (Å²) in [5.41, 5.74) is -1.94. The first kappa shape index (κ1) is 33.1. The number of nitrogens with one attached hydrogen (secondary N) is 1. The summed E-state index contributed by atoms with van der Waals surface area (Å²) in [5.74, 6) is -0.414. The molecule has 42 heavy (non-hydrogen) atoms. The highest BCUT2D eigenvalue weighted by Gasteiger charge is 2.46. The van der Waals surface area contributed by atoms with Gasteiger partial charge in [-0.05, 0) is 93.5 Å². The molecule has 4 atom stereocenters. The molecular formula is C29H32F7N3O3. The summed E-state index contributed by atoms with van der Waals surface area (Å²) in [5, 5.41) is 3.64. The molecule has 0 aliphatic carbocycles. The van der Waals surface area contributed by atoms with Crippen molar-refractivity contribution in [1.29, 1.82) is 0 Å². The lowest BCUT2D eigenvalue weighted by Crippen LogP contribution is -2.56. The molecule has 2 saturated heterocycles. The molecule has 2 heterocycles. The van der Waals surface area contributed by atoms with E-state index in [1.165, 1.54) is 31.0 Å². The van der Waals surface area contributed by atoms with Crippen molar-refractivity contribution >= 4 is 12.2 Å². The fourth-order valence-corrected chi connectivity index (χ4v) is 5.92. The van der Waals surface area contributed by atoms with Crippen LogP contribution in [-0.4, -0.2) is 47.2 Å². The second kappa shape index (κ2) is 12.4. The molecule has 6 nitrogen and oxygen atoms in total. The van der Waals surface area contributed by atoms with Crippen LogP contribution < -0.4 is 5.32 Å². The van der Waals surface area contributed by atoms with Gasteiger partial charge in [-0.25, -0.2) is 9.18 Å². The minimum Gasteiger partial charge on any atom is -0.321 e. The van der Waals surface area contributed by atoms with Crippen LogP contribution in [0.25, 0.3) is 0 Å². The van der Waals surface area contributed by atoms with Crippen LogP contribution in [0, 0.1) is 12.7 Å². The Kier molecular flexibility index (Phi) is 9.78. The van der Waals surface area contributed by atoms with Gasteiger partial charge < -0.3 is 15.1 Å². The van der Waals surface area contributed by atoms with E-state index >= 15 is 0 Å². The standard InChI is InChI=1S/C28H32F7N3O.CO2/c1-16-11-22(29)5-6-23(16)24-15-26(8-7-17(2)36-26)9-10-38(24)25(39)37(4)18(3)19-12-20(27(30,31)32)14-21(13-19)28(33,34)35;2-1-3/h5-6,11-14,17-18,24,36H,7-10,15H2,1-4H3;/t17-,18+,24+,26-;/m0./s1. The Morgan fingerprint density at radius 3 is 2.10 bits per heavy atom. The van der Waals surface area contributed by atoms with Gasteiger partial charge in [0.15, 0.2) is 0 Å². The van der Waals surface area contributed by atoms with Crippen LogP contribution >= 0.6 is 0 Å². The molecule has 230 valence electrons. The maximum atomic E-state index is 13.9. The molecule has 1 spiro atoms. The van der Waals surface area contributed by atoms with E-state index in [2.05, 4.69) is 12.2 Å². The van der Waals surface area contributed by atoms with Gasteiger partial charge >= 0.3 is 24.5 Å². The van der Waals surface area contributed by atoms with Crippen molar-refractivity contribution in [3.05, 3.63) is 70.0 Å². The lowest BCUT2D eigenvalue weighted by molar-refractivity contribution is -0.191. The Labute approximate surface area is 238 Å². The number of halogens is 7. The summed E-state index contributed by atoms with van der Waals surface area (Å²) in [6, 6.07) is 3.96. The number of hydrogen-bond donors (Lipinski definition) is 1. The minimum atomic E-state index is -4.99. The fourth-order valence-electron chi connectivity index (χ4n) is 5.92. The number of nitrogens with zero attached hydrogens (tertiary/aromatic N) is 2. The number of urea groups is 1. The topological polar surface area (TPSA) is 69.7 Å². The Hall–Kier alpha value is -3.44. The number of rotatable bonds is 3. The van der Waals surface area contributed by atoms with Crippen LogP contribution in [-0.2, 0) is 21.9 Å². The van der Waals surface area contributed by atoms with Gasteiger partial charge in [-0.3, -0.25) is 0 Å². The van der Waals surface area contributed by atoms with Crippen molar-refractivity contribution in [2.75, 3.05) is 13.6 Å². The van der Waals surface area contributed by atoms with E-state index in [0.717, 1.165) is 18.4 Å². The lowest BCUT2D eigenvalue weighted by atomic mass is 9.79. The first-order valence-electron chi connectivity index (χ1n) is 13.3. The predicted octanol–water partition coefficient (Wildman–Crippen LogP) is 7.05. The van der Waals surface area contributed by atoms with Gasteiger partial charge in [-0.15, -0.1) is 0 Å². The SMILES string of the molecule is Cc1cc(F)ccc1[C@H]1C[C@]2(CC[C@H](C)N2)CCN1C(=O)N(C)[C@H](C)c1cc(C(F)(F)F)cc(C(F)(F)F)c1.O=C=O. The zero-order chi connectivity index (χ0) is 31.6. The smallest absolute Gasteiger partial charge is 0.321 e. The van der Waals surface area contributed by atoms with Crippen molar-refractivity contribution in [2.45, 2.75) is 82.5 Å². The third kappa shape index (κ3) is 7.30.